The summed E-state index contributed by atoms with van der Waals surface area (Å²) in [6.07, 6.45) is 1.57. The number of anilines is 2. The first-order valence-electron chi connectivity index (χ1n) is 9.58. The lowest BCUT2D eigenvalue weighted by Gasteiger charge is -2.16. The quantitative estimate of drug-likeness (QED) is 0.531. The fraction of sp³-hybridized carbons (Fsp3) is 0.238. The Labute approximate surface area is 183 Å². The molecule has 3 aromatic rings. The highest BCUT2D eigenvalue weighted by atomic mass is 35.5. The minimum absolute atomic E-state index is 0.151. The maximum atomic E-state index is 12.1. The van der Waals surface area contributed by atoms with Crippen LogP contribution < -0.4 is 25.4 Å². The van der Waals surface area contributed by atoms with Gasteiger partial charge in [-0.15, -0.1) is 0 Å². The van der Waals surface area contributed by atoms with Crippen LogP contribution in [0.5, 0.6) is 11.5 Å². The second-order valence-corrected chi connectivity index (χ2v) is 7.27. The van der Waals surface area contributed by atoms with Crippen molar-refractivity contribution in [3.8, 4) is 11.5 Å². The number of carbonyl (C=O) groups is 2. The Kier molecular flexibility index (Phi) is 6.03. The Bertz CT molecular complexity index is 1150. The highest BCUT2D eigenvalue weighted by Crippen LogP contribution is 2.34. The number of nitrogens with zero attached hydrogens (tertiary/aromatic N) is 2. The van der Waals surface area contributed by atoms with Crippen LogP contribution in [-0.4, -0.2) is 42.0 Å². The molecular weight excluding hydrogens is 422 g/mol. The molecule has 10 heteroatoms. The van der Waals surface area contributed by atoms with E-state index >= 15 is 0 Å². The smallest absolute Gasteiger partial charge is 0.257 e. The molecule has 0 atom stereocenters. The molecule has 0 saturated carbocycles. The van der Waals surface area contributed by atoms with Gasteiger partial charge in [-0.1, -0.05) is 17.7 Å². The summed E-state index contributed by atoms with van der Waals surface area (Å²) >= 11 is 6.21. The third kappa shape index (κ3) is 4.77. The third-order valence-electron chi connectivity index (χ3n) is 4.74. The van der Waals surface area contributed by atoms with E-state index in [-0.39, 0.29) is 37.9 Å². The van der Waals surface area contributed by atoms with Crippen molar-refractivity contribution in [3.63, 3.8) is 0 Å². The molecule has 2 aromatic carbocycles. The first-order chi connectivity index (χ1) is 15.0. The van der Waals surface area contributed by atoms with Crippen LogP contribution in [0.1, 0.15) is 12.0 Å². The highest BCUT2D eigenvalue weighted by molar-refractivity contribution is 6.30. The van der Waals surface area contributed by atoms with Crippen molar-refractivity contribution in [1.29, 1.82) is 0 Å². The van der Waals surface area contributed by atoms with E-state index in [1.165, 1.54) is 13.4 Å². The highest BCUT2D eigenvalue weighted by Gasteiger charge is 2.15. The van der Waals surface area contributed by atoms with E-state index in [9.17, 15) is 9.59 Å². The zero-order chi connectivity index (χ0) is 21.8. The van der Waals surface area contributed by atoms with Crippen molar-refractivity contribution in [2.24, 2.45) is 0 Å². The summed E-state index contributed by atoms with van der Waals surface area (Å²) in [5, 5.41) is 9.97. The molecule has 1 aliphatic rings. The molecular formula is C21H20ClN5O4. The van der Waals surface area contributed by atoms with Gasteiger partial charge in [-0.2, -0.15) is 0 Å². The molecule has 0 saturated heterocycles. The van der Waals surface area contributed by atoms with Crippen LogP contribution in [0.3, 0.4) is 0 Å². The summed E-state index contributed by atoms with van der Waals surface area (Å²) in [7, 11) is 1.53. The van der Waals surface area contributed by atoms with Gasteiger partial charge in [0, 0.05) is 36.3 Å². The zero-order valence-corrected chi connectivity index (χ0v) is 17.5. The van der Waals surface area contributed by atoms with Gasteiger partial charge in [0.05, 0.1) is 12.5 Å². The van der Waals surface area contributed by atoms with Crippen molar-refractivity contribution >= 4 is 45.8 Å². The molecule has 4 rings (SSSR count). The predicted molar refractivity (Wildman–Crippen MR) is 116 cm³/mol. The van der Waals surface area contributed by atoms with Gasteiger partial charge in [0.25, 0.3) is 5.91 Å². The van der Waals surface area contributed by atoms with Gasteiger partial charge >= 0.3 is 0 Å². The molecule has 2 amide bonds. The SMILES string of the molecule is COc1cc2cc3c(ncnc13)Nc1cc(Cl)ccc1CNC(=O)CCNC(=O)CO2. The van der Waals surface area contributed by atoms with Gasteiger partial charge in [-0.3, -0.25) is 9.59 Å². The number of carbonyl (C=O) groups excluding carboxylic acids is 2. The van der Waals surface area contributed by atoms with Crippen molar-refractivity contribution < 1.29 is 19.1 Å². The average molecular weight is 442 g/mol. The fourth-order valence-corrected chi connectivity index (χ4v) is 3.37. The van der Waals surface area contributed by atoms with Crippen molar-refractivity contribution in [3.05, 3.63) is 47.2 Å². The van der Waals surface area contributed by atoms with Gasteiger partial charge in [-0.05, 0) is 23.8 Å². The van der Waals surface area contributed by atoms with Crippen LogP contribution in [0.2, 0.25) is 5.02 Å². The fourth-order valence-electron chi connectivity index (χ4n) is 3.19. The van der Waals surface area contributed by atoms with E-state index in [1.54, 1.807) is 24.3 Å². The number of aromatic nitrogens is 2. The molecule has 0 spiro atoms. The maximum Gasteiger partial charge on any atom is 0.257 e. The minimum Gasteiger partial charge on any atom is -0.494 e. The Hall–Kier alpha value is -3.59. The number of halogens is 1. The minimum atomic E-state index is -0.332. The Balaban J connectivity index is 1.82. The topological polar surface area (TPSA) is 114 Å². The number of benzene rings is 2. The number of methoxy groups -OCH3 is 1. The standard InChI is InChI=1S/C21H20ClN5O4/c1-30-17-8-14-7-15-20(17)25-11-26-21(15)27-16-6-13(22)3-2-12(16)9-24-18(28)4-5-23-19(29)10-31-14/h2-3,6-8,11H,4-5,9-10H2,1H3,(H,23,29)(H,24,28)(H,25,26,27). The second-order valence-electron chi connectivity index (χ2n) is 6.84. The number of hydrogen-bond donors (Lipinski definition) is 3. The number of rotatable bonds is 1. The molecule has 0 unspecified atom stereocenters. The molecule has 3 N–H and O–H groups in total. The Morgan fingerprint density at radius 3 is 2.81 bits per heavy atom. The summed E-state index contributed by atoms with van der Waals surface area (Å²) in [6, 6.07) is 8.74. The molecule has 2 heterocycles. The summed E-state index contributed by atoms with van der Waals surface area (Å²) < 4.78 is 11.1. The first-order valence-corrected chi connectivity index (χ1v) is 9.95. The Morgan fingerprint density at radius 1 is 1.10 bits per heavy atom. The van der Waals surface area contributed by atoms with Crippen LogP contribution in [0.15, 0.2) is 36.7 Å². The number of fused-ring (bicyclic) bond motifs is 2. The van der Waals surface area contributed by atoms with Gasteiger partial charge in [0.2, 0.25) is 5.91 Å². The normalized spacial score (nSPS) is 14.8. The maximum absolute atomic E-state index is 12.1. The van der Waals surface area contributed by atoms with E-state index in [1.807, 2.05) is 6.07 Å². The lowest BCUT2D eigenvalue weighted by atomic mass is 10.1. The van der Waals surface area contributed by atoms with E-state index in [4.69, 9.17) is 21.1 Å². The number of ether oxygens (including phenoxy) is 2. The van der Waals surface area contributed by atoms with Crippen molar-refractivity contribution in [2.45, 2.75) is 13.0 Å². The number of amides is 2. The Morgan fingerprint density at radius 2 is 1.97 bits per heavy atom. The lowest BCUT2D eigenvalue weighted by molar-refractivity contribution is -0.123. The summed E-state index contributed by atoms with van der Waals surface area (Å²) in [4.78, 5) is 32.9. The largest absolute Gasteiger partial charge is 0.494 e. The van der Waals surface area contributed by atoms with Gasteiger partial charge in [-0.25, -0.2) is 9.97 Å². The lowest BCUT2D eigenvalue weighted by Crippen LogP contribution is -2.33. The summed E-state index contributed by atoms with van der Waals surface area (Å²) in [5.41, 5.74) is 2.09. The molecule has 160 valence electrons. The number of nitrogens with one attached hydrogen (secondary N) is 3. The molecule has 9 nitrogen and oxygen atoms in total. The van der Waals surface area contributed by atoms with Crippen molar-refractivity contribution in [2.75, 3.05) is 25.6 Å². The summed E-state index contributed by atoms with van der Waals surface area (Å²) in [6.45, 7) is 0.289. The van der Waals surface area contributed by atoms with E-state index in [0.717, 1.165) is 5.56 Å². The number of hydrogen-bond acceptors (Lipinski definition) is 7. The van der Waals surface area contributed by atoms with Crippen LogP contribution >= 0.6 is 11.6 Å². The van der Waals surface area contributed by atoms with Gasteiger partial charge in [0.1, 0.15) is 29.2 Å². The van der Waals surface area contributed by atoms with Crippen LogP contribution in [-0.2, 0) is 16.1 Å². The molecule has 1 aliphatic heterocycles. The van der Waals surface area contributed by atoms with Gasteiger partial charge in [0.15, 0.2) is 6.61 Å². The first kappa shape index (κ1) is 20.7. The molecule has 1 aromatic heterocycles. The molecule has 0 radical (unpaired) electrons. The van der Waals surface area contributed by atoms with Crippen LogP contribution in [0.4, 0.5) is 11.5 Å². The summed E-state index contributed by atoms with van der Waals surface area (Å²) in [5.74, 6) is 0.891. The molecule has 0 aliphatic carbocycles. The van der Waals surface area contributed by atoms with Crippen LogP contribution in [0.25, 0.3) is 10.9 Å². The van der Waals surface area contributed by atoms with E-state index < -0.39 is 0 Å². The average Bonchev–Trinajstić information content (AvgIpc) is 2.76. The zero-order valence-electron chi connectivity index (χ0n) is 16.7. The van der Waals surface area contributed by atoms with E-state index in [2.05, 4.69) is 25.9 Å². The molecule has 31 heavy (non-hydrogen) atoms. The van der Waals surface area contributed by atoms with Crippen molar-refractivity contribution in [1.82, 2.24) is 20.6 Å². The van der Waals surface area contributed by atoms with Crippen LogP contribution in [0, 0.1) is 0 Å². The monoisotopic (exact) mass is 441 g/mol. The predicted octanol–water partition coefficient (Wildman–Crippen LogP) is 2.55. The second kappa shape index (κ2) is 9.05. The molecule has 0 fully saturated rings. The molecule has 2 bridgehead atoms. The van der Waals surface area contributed by atoms with E-state index in [0.29, 0.717) is 38.9 Å². The van der Waals surface area contributed by atoms with Gasteiger partial charge < -0.3 is 25.4 Å². The third-order valence-corrected chi connectivity index (χ3v) is 4.98.